The van der Waals surface area contributed by atoms with Crippen LogP contribution in [0.15, 0.2) is 36.7 Å². The molecule has 3 aromatic rings. The quantitative estimate of drug-likeness (QED) is 0.756. The monoisotopic (exact) mass is 289 g/mol. The van der Waals surface area contributed by atoms with Crippen molar-refractivity contribution in [2.45, 2.75) is 13.1 Å². The number of halogens is 1. The van der Waals surface area contributed by atoms with Gasteiger partial charge in [0.25, 0.3) is 0 Å². The van der Waals surface area contributed by atoms with E-state index in [1.54, 1.807) is 24.5 Å². The van der Waals surface area contributed by atoms with Crippen molar-refractivity contribution in [1.29, 1.82) is 0 Å². The van der Waals surface area contributed by atoms with Gasteiger partial charge in [-0.25, -0.2) is 9.37 Å². The van der Waals surface area contributed by atoms with Crippen molar-refractivity contribution in [2.75, 3.05) is 0 Å². The van der Waals surface area contributed by atoms with Gasteiger partial charge in [-0.1, -0.05) is 18.2 Å². The molecule has 0 aliphatic rings. The number of aromatic amines is 1. The van der Waals surface area contributed by atoms with Crippen molar-refractivity contribution >= 4 is 11.3 Å². The van der Waals surface area contributed by atoms with Gasteiger partial charge in [-0.15, -0.1) is 11.3 Å². The Hall–Kier alpha value is -2.12. The van der Waals surface area contributed by atoms with Crippen LogP contribution in [0, 0.1) is 5.82 Å². The molecule has 0 saturated carbocycles. The average Bonchev–Trinajstić information content (AvgIpc) is 3.11. The topological polar surface area (TPSA) is 66.5 Å². The Balaban J connectivity index is 1.64. The molecule has 0 saturated heterocycles. The molecule has 102 valence electrons. The number of aromatic nitrogens is 4. The van der Waals surface area contributed by atoms with Crippen molar-refractivity contribution in [3.8, 4) is 10.4 Å². The highest BCUT2D eigenvalue weighted by Gasteiger charge is 2.08. The molecule has 0 atom stereocenters. The van der Waals surface area contributed by atoms with E-state index in [4.69, 9.17) is 0 Å². The summed E-state index contributed by atoms with van der Waals surface area (Å²) in [5.74, 6) is -0.224. The number of nitrogens with zero attached hydrogens (tertiary/aromatic N) is 3. The van der Waals surface area contributed by atoms with Crippen LogP contribution in [0.3, 0.4) is 0 Å². The molecule has 0 aliphatic heterocycles. The van der Waals surface area contributed by atoms with Gasteiger partial charge in [0.05, 0.1) is 16.8 Å². The third-order valence-corrected chi connectivity index (χ3v) is 3.77. The second kappa shape index (κ2) is 5.89. The van der Waals surface area contributed by atoms with Gasteiger partial charge in [0.15, 0.2) is 0 Å². The van der Waals surface area contributed by atoms with Crippen LogP contribution in [0.2, 0.25) is 0 Å². The minimum atomic E-state index is -0.224. The molecule has 0 unspecified atom stereocenters. The van der Waals surface area contributed by atoms with Gasteiger partial charge in [0.1, 0.15) is 10.8 Å². The summed E-state index contributed by atoms with van der Waals surface area (Å²) in [5.41, 5.74) is 1.43. The van der Waals surface area contributed by atoms with E-state index in [2.05, 4.69) is 25.7 Å². The summed E-state index contributed by atoms with van der Waals surface area (Å²) >= 11 is 1.48. The molecular weight excluding hydrogens is 277 g/mol. The van der Waals surface area contributed by atoms with Crippen LogP contribution in [0.5, 0.6) is 0 Å². The summed E-state index contributed by atoms with van der Waals surface area (Å²) in [6.07, 6.45) is 3.37. The summed E-state index contributed by atoms with van der Waals surface area (Å²) in [4.78, 5) is 5.13. The van der Waals surface area contributed by atoms with E-state index in [-0.39, 0.29) is 5.82 Å². The van der Waals surface area contributed by atoms with Gasteiger partial charge in [-0.05, 0) is 6.07 Å². The number of hydrogen-bond acceptors (Lipinski definition) is 5. The standard InChI is InChI=1S/C13H12FN5S/c14-11-4-2-1-3-10(11)12-7-16-13(20-12)8-15-5-9-6-17-19-18-9/h1-4,6-7,15H,5,8H2,(H,17,18,19). The van der Waals surface area contributed by atoms with Crippen LogP contribution in [-0.2, 0) is 13.1 Å². The van der Waals surface area contributed by atoms with Crippen LogP contribution in [0.25, 0.3) is 10.4 Å². The highest BCUT2D eigenvalue weighted by molar-refractivity contribution is 7.15. The van der Waals surface area contributed by atoms with Gasteiger partial charge in [0.2, 0.25) is 0 Å². The van der Waals surface area contributed by atoms with Crippen molar-refractivity contribution in [3.05, 3.63) is 53.2 Å². The molecular formula is C13H12FN5S. The molecule has 2 aromatic heterocycles. The highest BCUT2D eigenvalue weighted by Crippen LogP contribution is 2.28. The third kappa shape index (κ3) is 2.89. The Kier molecular flexibility index (Phi) is 3.80. The second-order valence-electron chi connectivity index (χ2n) is 4.16. The number of nitrogens with one attached hydrogen (secondary N) is 2. The molecule has 0 bridgehead atoms. The molecule has 3 rings (SSSR count). The third-order valence-electron chi connectivity index (χ3n) is 2.74. The largest absolute Gasteiger partial charge is 0.305 e. The maximum atomic E-state index is 13.7. The van der Waals surface area contributed by atoms with Crippen molar-refractivity contribution in [3.63, 3.8) is 0 Å². The van der Waals surface area contributed by atoms with Crippen molar-refractivity contribution < 1.29 is 4.39 Å². The lowest BCUT2D eigenvalue weighted by Crippen LogP contribution is -2.12. The van der Waals surface area contributed by atoms with Crippen LogP contribution in [0.4, 0.5) is 4.39 Å². The predicted octanol–water partition coefficient (Wildman–Crippen LogP) is 2.36. The fourth-order valence-electron chi connectivity index (χ4n) is 1.79. The van der Waals surface area contributed by atoms with Gasteiger partial charge >= 0.3 is 0 Å². The molecule has 5 nitrogen and oxygen atoms in total. The number of rotatable bonds is 5. The minimum Gasteiger partial charge on any atom is -0.305 e. The summed E-state index contributed by atoms with van der Waals surface area (Å²) in [6.45, 7) is 1.23. The maximum absolute atomic E-state index is 13.7. The fraction of sp³-hybridized carbons (Fsp3) is 0.154. The van der Waals surface area contributed by atoms with E-state index in [0.717, 1.165) is 15.6 Å². The smallest absolute Gasteiger partial charge is 0.131 e. The first-order valence-electron chi connectivity index (χ1n) is 6.08. The minimum absolute atomic E-state index is 0.224. The number of H-pyrrole nitrogens is 1. The van der Waals surface area contributed by atoms with Crippen LogP contribution in [-0.4, -0.2) is 20.4 Å². The van der Waals surface area contributed by atoms with E-state index in [1.807, 2.05) is 6.07 Å². The zero-order valence-electron chi connectivity index (χ0n) is 10.5. The number of thiazole rings is 1. The first-order chi connectivity index (χ1) is 9.83. The Morgan fingerprint density at radius 3 is 2.90 bits per heavy atom. The first kappa shape index (κ1) is 12.9. The second-order valence-corrected chi connectivity index (χ2v) is 5.28. The maximum Gasteiger partial charge on any atom is 0.131 e. The highest BCUT2D eigenvalue weighted by atomic mass is 32.1. The van der Waals surface area contributed by atoms with E-state index in [9.17, 15) is 4.39 Å². The Morgan fingerprint density at radius 1 is 1.20 bits per heavy atom. The molecule has 20 heavy (non-hydrogen) atoms. The Bertz CT molecular complexity index is 680. The van der Waals surface area contributed by atoms with E-state index in [1.165, 1.54) is 17.4 Å². The van der Waals surface area contributed by atoms with Crippen molar-refractivity contribution in [1.82, 2.24) is 25.7 Å². The van der Waals surface area contributed by atoms with Crippen LogP contribution >= 0.6 is 11.3 Å². The molecule has 2 N–H and O–H groups in total. The van der Waals surface area contributed by atoms with E-state index < -0.39 is 0 Å². The normalized spacial score (nSPS) is 10.8. The lowest BCUT2D eigenvalue weighted by Gasteiger charge is -1.99. The van der Waals surface area contributed by atoms with Gasteiger partial charge in [-0.3, -0.25) is 0 Å². The summed E-state index contributed by atoms with van der Waals surface area (Å²) in [6, 6.07) is 6.72. The van der Waals surface area contributed by atoms with Crippen LogP contribution < -0.4 is 5.32 Å². The molecule has 2 heterocycles. The molecule has 0 fully saturated rings. The molecule has 0 radical (unpaired) electrons. The SMILES string of the molecule is Fc1ccccc1-c1cnc(CNCc2cn[nH]n2)s1. The number of benzene rings is 1. The first-order valence-corrected chi connectivity index (χ1v) is 6.89. The van der Waals surface area contributed by atoms with Gasteiger partial charge < -0.3 is 5.32 Å². The zero-order valence-corrected chi connectivity index (χ0v) is 11.3. The number of hydrogen-bond donors (Lipinski definition) is 2. The lowest BCUT2D eigenvalue weighted by molar-refractivity contribution is 0.631. The zero-order chi connectivity index (χ0) is 13.8. The summed E-state index contributed by atoms with van der Waals surface area (Å²) in [7, 11) is 0. The Labute approximate surface area is 118 Å². The lowest BCUT2D eigenvalue weighted by atomic mass is 10.2. The molecule has 0 aliphatic carbocycles. The fourth-order valence-corrected chi connectivity index (χ4v) is 2.70. The molecule has 7 heteroatoms. The predicted molar refractivity (Wildman–Crippen MR) is 74.4 cm³/mol. The van der Waals surface area contributed by atoms with Crippen LogP contribution in [0.1, 0.15) is 10.7 Å². The average molecular weight is 289 g/mol. The van der Waals surface area contributed by atoms with Crippen molar-refractivity contribution in [2.24, 2.45) is 0 Å². The Morgan fingerprint density at radius 2 is 2.10 bits per heavy atom. The van der Waals surface area contributed by atoms with Gasteiger partial charge in [-0.2, -0.15) is 15.4 Å². The molecule has 0 spiro atoms. The van der Waals surface area contributed by atoms with E-state index >= 15 is 0 Å². The molecule has 1 aromatic carbocycles. The summed E-state index contributed by atoms with van der Waals surface area (Å²) < 4.78 is 13.7. The molecule has 0 amide bonds. The van der Waals surface area contributed by atoms with Gasteiger partial charge in [0, 0.05) is 24.8 Å². The summed E-state index contributed by atoms with van der Waals surface area (Å²) in [5, 5.41) is 14.4. The van der Waals surface area contributed by atoms with E-state index in [0.29, 0.717) is 18.7 Å².